The Morgan fingerprint density at radius 2 is 1.34 bits per heavy atom. The number of hydrogen-bond acceptors (Lipinski definition) is 4. The van der Waals surface area contributed by atoms with Crippen LogP contribution < -0.4 is 9.80 Å². The number of ether oxygens (including phenoxy) is 1. The van der Waals surface area contributed by atoms with Gasteiger partial charge in [0.15, 0.2) is 0 Å². The highest BCUT2D eigenvalue weighted by Gasteiger charge is 2.41. The predicted octanol–water partition coefficient (Wildman–Crippen LogP) is 5.74. The number of hydrogen-bond donors (Lipinski definition) is 1. The monoisotopic (exact) mass is 434 g/mol. The van der Waals surface area contributed by atoms with Gasteiger partial charge in [0.05, 0.1) is 0 Å². The van der Waals surface area contributed by atoms with Gasteiger partial charge in [-0.1, -0.05) is 26.0 Å². The molecule has 2 aliphatic heterocycles. The van der Waals surface area contributed by atoms with E-state index in [9.17, 15) is 9.90 Å². The number of fused-ring (bicyclic) bond motifs is 2. The van der Waals surface area contributed by atoms with E-state index in [1.807, 2.05) is 6.92 Å². The number of rotatable bonds is 4. The van der Waals surface area contributed by atoms with Crippen LogP contribution in [0, 0.1) is 0 Å². The van der Waals surface area contributed by atoms with Crippen molar-refractivity contribution in [1.82, 2.24) is 0 Å². The summed E-state index contributed by atoms with van der Waals surface area (Å²) in [5.74, 6) is -0.107. The SMILES string of the molecule is CC(OC(=O)O)C1c2ccc(N3CCCC3)cc2C(C)(C)c2cc(N3CCCC3)ccc21. The van der Waals surface area contributed by atoms with Crippen molar-refractivity contribution in [2.75, 3.05) is 36.0 Å². The molecule has 2 saturated heterocycles. The molecule has 5 nitrogen and oxygen atoms in total. The Kier molecular flexibility index (Phi) is 5.31. The van der Waals surface area contributed by atoms with Crippen LogP contribution in [0.1, 0.15) is 74.6 Å². The lowest BCUT2D eigenvalue weighted by Crippen LogP contribution is -2.35. The first-order valence-corrected chi connectivity index (χ1v) is 12.0. The molecule has 2 aromatic rings. The van der Waals surface area contributed by atoms with Crippen molar-refractivity contribution >= 4 is 17.5 Å². The van der Waals surface area contributed by atoms with Crippen molar-refractivity contribution in [2.45, 2.75) is 63.9 Å². The minimum absolute atomic E-state index is 0.107. The highest BCUT2D eigenvalue weighted by molar-refractivity contribution is 5.66. The largest absolute Gasteiger partial charge is 0.506 e. The van der Waals surface area contributed by atoms with Crippen LogP contribution in [0.4, 0.5) is 16.2 Å². The maximum atomic E-state index is 11.4. The zero-order valence-corrected chi connectivity index (χ0v) is 19.4. The van der Waals surface area contributed by atoms with Gasteiger partial charge in [-0.15, -0.1) is 0 Å². The molecule has 1 atom stereocenters. The number of carboxylic acid groups (broad SMARTS) is 1. The van der Waals surface area contributed by atoms with E-state index in [-0.39, 0.29) is 11.3 Å². The van der Waals surface area contributed by atoms with E-state index >= 15 is 0 Å². The third-order valence-electron chi connectivity index (χ3n) is 7.79. The zero-order chi connectivity index (χ0) is 22.5. The molecule has 0 bridgehead atoms. The van der Waals surface area contributed by atoms with E-state index in [2.05, 4.69) is 60.0 Å². The lowest BCUT2D eigenvalue weighted by Gasteiger charge is -2.42. The second-order valence-corrected chi connectivity index (χ2v) is 10.1. The first kappa shape index (κ1) is 21.2. The molecule has 2 heterocycles. The lowest BCUT2D eigenvalue weighted by molar-refractivity contribution is 0.0520. The van der Waals surface area contributed by atoms with Crippen LogP contribution in [0.25, 0.3) is 0 Å². The molecule has 1 unspecified atom stereocenters. The van der Waals surface area contributed by atoms with Gasteiger partial charge < -0.3 is 19.6 Å². The molecule has 3 aliphatic rings. The van der Waals surface area contributed by atoms with Crippen LogP contribution in [0.5, 0.6) is 0 Å². The quantitative estimate of drug-likeness (QED) is 0.622. The van der Waals surface area contributed by atoms with E-state index in [4.69, 9.17) is 4.74 Å². The van der Waals surface area contributed by atoms with Crippen molar-refractivity contribution in [3.63, 3.8) is 0 Å². The average Bonchev–Trinajstić information content (AvgIpc) is 3.48. The Bertz CT molecular complexity index is 950. The van der Waals surface area contributed by atoms with Crippen molar-refractivity contribution in [1.29, 1.82) is 0 Å². The van der Waals surface area contributed by atoms with Crippen LogP contribution in [-0.2, 0) is 10.2 Å². The summed E-state index contributed by atoms with van der Waals surface area (Å²) < 4.78 is 5.33. The van der Waals surface area contributed by atoms with Gasteiger partial charge in [0.25, 0.3) is 0 Å². The number of benzene rings is 2. The summed E-state index contributed by atoms with van der Waals surface area (Å²) in [6.45, 7) is 10.9. The Labute approximate surface area is 191 Å². The molecule has 5 heteroatoms. The molecular formula is C27H34N2O3. The molecule has 1 N–H and O–H groups in total. The van der Waals surface area contributed by atoms with Gasteiger partial charge in [0.2, 0.25) is 0 Å². The van der Waals surface area contributed by atoms with E-state index in [0.717, 1.165) is 26.2 Å². The number of carbonyl (C=O) groups is 1. The minimum Gasteiger partial charge on any atom is -0.450 e. The van der Waals surface area contributed by atoms with Crippen LogP contribution in [-0.4, -0.2) is 43.5 Å². The fraction of sp³-hybridized carbons (Fsp3) is 0.519. The fourth-order valence-electron chi connectivity index (χ4n) is 6.10. The summed E-state index contributed by atoms with van der Waals surface area (Å²) >= 11 is 0. The molecule has 0 aromatic heterocycles. The zero-order valence-electron chi connectivity index (χ0n) is 19.4. The number of nitrogens with zero attached hydrogens (tertiary/aromatic N) is 2. The van der Waals surface area contributed by atoms with Gasteiger partial charge in [-0.05, 0) is 79.1 Å². The molecular weight excluding hydrogens is 400 g/mol. The summed E-state index contributed by atoms with van der Waals surface area (Å²) in [6, 6.07) is 13.6. The molecule has 0 radical (unpaired) electrons. The third kappa shape index (κ3) is 3.52. The molecule has 2 fully saturated rings. The third-order valence-corrected chi connectivity index (χ3v) is 7.79. The van der Waals surface area contributed by atoms with Crippen LogP contribution in [0.2, 0.25) is 0 Å². The smallest absolute Gasteiger partial charge is 0.450 e. The van der Waals surface area contributed by atoms with Crippen LogP contribution >= 0.6 is 0 Å². The molecule has 32 heavy (non-hydrogen) atoms. The topological polar surface area (TPSA) is 53.0 Å². The first-order valence-electron chi connectivity index (χ1n) is 12.0. The van der Waals surface area contributed by atoms with Gasteiger partial charge in [0, 0.05) is 48.9 Å². The van der Waals surface area contributed by atoms with E-state index < -0.39 is 12.3 Å². The van der Waals surface area contributed by atoms with E-state index in [1.165, 1.54) is 59.3 Å². The predicted molar refractivity (Wildman–Crippen MR) is 128 cm³/mol. The Balaban J connectivity index is 1.65. The Morgan fingerprint density at radius 1 is 0.906 bits per heavy atom. The fourth-order valence-corrected chi connectivity index (χ4v) is 6.10. The van der Waals surface area contributed by atoms with Crippen LogP contribution in [0.3, 0.4) is 0 Å². The summed E-state index contributed by atoms with van der Waals surface area (Å²) in [4.78, 5) is 16.4. The summed E-state index contributed by atoms with van der Waals surface area (Å²) in [7, 11) is 0. The van der Waals surface area contributed by atoms with Crippen molar-refractivity contribution in [3.05, 3.63) is 58.7 Å². The molecule has 0 saturated carbocycles. The van der Waals surface area contributed by atoms with Crippen LogP contribution in [0.15, 0.2) is 36.4 Å². The normalized spacial score (nSPS) is 20.7. The molecule has 2 aromatic carbocycles. The Hall–Kier alpha value is -2.69. The van der Waals surface area contributed by atoms with Gasteiger partial charge in [-0.2, -0.15) is 0 Å². The van der Waals surface area contributed by atoms with Gasteiger partial charge in [-0.25, -0.2) is 4.79 Å². The minimum atomic E-state index is -1.21. The maximum Gasteiger partial charge on any atom is 0.506 e. The summed E-state index contributed by atoms with van der Waals surface area (Å²) in [5.41, 5.74) is 7.34. The highest BCUT2D eigenvalue weighted by atomic mass is 16.7. The summed E-state index contributed by atoms with van der Waals surface area (Å²) in [5, 5.41) is 9.35. The lowest BCUT2D eigenvalue weighted by atomic mass is 9.64. The molecule has 1 aliphatic carbocycles. The standard InChI is InChI=1S/C27H34N2O3/c1-18(32-26(30)31)25-21-10-8-19(28-12-4-5-13-28)16-23(21)27(2,3)24-17-20(9-11-22(24)25)29-14-6-7-15-29/h8-11,16-18,25H,4-7,12-15H2,1-3H3,(H,30,31). The molecule has 5 rings (SSSR count). The second-order valence-electron chi connectivity index (χ2n) is 10.1. The van der Waals surface area contributed by atoms with Crippen molar-refractivity contribution < 1.29 is 14.6 Å². The maximum absolute atomic E-state index is 11.4. The van der Waals surface area contributed by atoms with Gasteiger partial charge >= 0.3 is 6.16 Å². The van der Waals surface area contributed by atoms with Gasteiger partial charge in [0.1, 0.15) is 6.10 Å². The molecule has 0 spiro atoms. The van der Waals surface area contributed by atoms with E-state index in [1.54, 1.807) is 0 Å². The average molecular weight is 435 g/mol. The summed E-state index contributed by atoms with van der Waals surface area (Å²) in [6.07, 6.45) is 3.30. The van der Waals surface area contributed by atoms with Gasteiger partial charge in [-0.3, -0.25) is 0 Å². The Morgan fingerprint density at radius 3 is 1.75 bits per heavy atom. The first-order chi connectivity index (χ1) is 15.4. The van der Waals surface area contributed by atoms with E-state index in [0.29, 0.717) is 0 Å². The van der Waals surface area contributed by atoms with Crippen molar-refractivity contribution in [2.24, 2.45) is 0 Å². The highest BCUT2D eigenvalue weighted by Crippen LogP contribution is 2.50. The number of anilines is 2. The molecule has 0 amide bonds. The second kappa shape index (κ2) is 8.02. The molecule has 170 valence electrons. The van der Waals surface area contributed by atoms with Crippen molar-refractivity contribution in [3.8, 4) is 0 Å².